The van der Waals surface area contributed by atoms with E-state index < -0.39 is 0 Å². The second-order valence-corrected chi connectivity index (χ2v) is 7.87. The number of nitrogens with one attached hydrogen (secondary N) is 3. The first-order chi connectivity index (χ1) is 16.0. The highest BCUT2D eigenvalue weighted by atomic mass is 16.5. The number of hydrogen-bond donors (Lipinski definition) is 3. The maximum Gasteiger partial charge on any atom is 0.243 e. The molecule has 0 aromatic heterocycles. The molecule has 0 fully saturated rings. The van der Waals surface area contributed by atoms with Crippen LogP contribution in [0.5, 0.6) is 5.75 Å². The van der Waals surface area contributed by atoms with E-state index in [0.717, 1.165) is 29.1 Å². The van der Waals surface area contributed by atoms with Crippen molar-refractivity contribution in [2.24, 2.45) is 0 Å². The highest BCUT2D eigenvalue weighted by Gasteiger charge is 2.06. The van der Waals surface area contributed by atoms with Crippen LogP contribution in [0.1, 0.15) is 32.3 Å². The van der Waals surface area contributed by atoms with Crippen LogP contribution in [-0.4, -0.2) is 24.5 Å². The van der Waals surface area contributed by atoms with Crippen molar-refractivity contribution in [1.82, 2.24) is 0 Å². The van der Waals surface area contributed by atoms with Gasteiger partial charge in [0.15, 0.2) is 0 Å². The first-order valence-corrected chi connectivity index (χ1v) is 11.3. The van der Waals surface area contributed by atoms with Crippen molar-refractivity contribution in [3.05, 3.63) is 84.4 Å². The van der Waals surface area contributed by atoms with Crippen LogP contribution in [0.15, 0.2) is 78.9 Å². The summed E-state index contributed by atoms with van der Waals surface area (Å²) in [5.74, 6) is 0.608. The molecule has 0 bridgehead atoms. The Bertz CT molecular complexity index is 1020. The lowest BCUT2D eigenvalue weighted by molar-refractivity contribution is -0.116. The van der Waals surface area contributed by atoms with E-state index in [2.05, 4.69) is 22.9 Å². The van der Waals surface area contributed by atoms with E-state index in [1.807, 2.05) is 85.8 Å². The van der Waals surface area contributed by atoms with Crippen molar-refractivity contribution >= 4 is 28.9 Å². The SMILES string of the molecule is CCC(C)Oc1ccc(NC(=O)CNc2ccc(NC(=O)CCc3ccccc3)cc2)cc1. The van der Waals surface area contributed by atoms with Gasteiger partial charge in [-0.2, -0.15) is 0 Å². The van der Waals surface area contributed by atoms with Crippen LogP contribution < -0.4 is 20.7 Å². The molecule has 172 valence electrons. The van der Waals surface area contributed by atoms with Crippen LogP contribution in [0, 0.1) is 0 Å². The van der Waals surface area contributed by atoms with E-state index in [4.69, 9.17) is 4.74 Å². The molecule has 0 spiro atoms. The maximum atomic E-state index is 12.2. The van der Waals surface area contributed by atoms with Crippen LogP contribution in [0.25, 0.3) is 0 Å². The van der Waals surface area contributed by atoms with Crippen molar-refractivity contribution in [1.29, 1.82) is 0 Å². The second kappa shape index (κ2) is 12.3. The molecule has 3 aromatic rings. The summed E-state index contributed by atoms with van der Waals surface area (Å²) in [7, 11) is 0. The third-order valence-corrected chi connectivity index (χ3v) is 5.16. The molecule has 3 aromatic carbocycles. The van der Waals surface area contributed by atoms with Gasteiger partial charge in [0.25, 0.3) is 0 Å². The van der Waals surface area contributed by atoms with E-state index in [1.54, 1.807) is 0 Å². The fourth-order valence-corrected chi connectivity index (χ4v) is 3.12. The lowest BCUT2D eigenvalue weighted by atomic mass is 10.1. The van der Waals surface area contributed by atoms with Crippen molar-refractivity contribution in [3.63, 3.8) is 0 Å². The van der Waals surface area contributed by atoms with E-state index >= 15 is 0 Å². The van der Waals surface area contributed by atoms with Crippen LogP contribution in [-0.2, 0) is 16.0 Å². The van der Waals surface area contributed by atoms with Crippen molar-refractivity contribution < 1.29 is 14.3 Å². The third-order valence-electron chi connectivity index (χ3n) is 5.16. The number of benzene rings is 3. The fraction of sp³-hybridized carbons (Fsp3) is 0.259. The summed E-state index contributed by atoms with van der Waals surface area (Å²) < 4.78 is 5.74. The number of carbonyl (C=O) groups excluding carboxylic acids is 2. The zero-order valence-corrected chi connectivity index (χ0v) is 19.1. The minimum atomic E-state index is -0.149. The Hall–Kier alpha value is -3.80. The van der Waals surface area contributed by atoms with Gasteiger partial charge in [0.1, 0.15) is 5.75 Å². The van der Waals surface area contributed by atoms with Gasteiger partial charge in [-0.25, -0.2) is 0 Å². The quantitative estimate of drug-likeness (QED) is 0.365. The van der Waals surface area contributed by atoms with Crippen molar-refractivity contribution in [2.45, 2.75) is 39.2 Å². The van der Waals surface area contributed by atoms with Gasteiger partial charge >= 0.3 is 0 Å². The summed E-state index contributed by atoms with van der Waals surface area (Å²) in [6, 6.07) is 24.6. The number of rotatable bonds is 11. The Labute approximate surface area is 195 Å². The number of hydrogen-bond acceptors (Lipinski definition) is 4. The first kappa shape index (κ1) is 23.9. The fourth-order valence-electron chi connectivity index (χ4n) is 3.12. The highest BCUT2D eigenvalue weighted by molar-refractivity contribution is 5.94. The minimum Gasteiger partial charge on any atom is -0.491 e. The molecule has 6 heteroatoms. The molecule has 6 nitrogen and oxygen atoms in total. The standard InChI is InChI=1S/C27H31N3O3/c1-3-20(2)33-25-16-14-24(15-17-25)30-27(32)19-28-22-10-12-23(13-11-22)29-26(31)18-9-21-7-5-4-6-8-21/h4-8,10-17,20,28H,3,9,18-19H2,1-2H3,(H,29,31)(H,30,32). The monoisotopic (exact) mass is 445 g/mol. The zero-order valence-electron chi connectivity index (χ0n) is 19.1. The summed E-state index contributed by atoms with van der Waals surface area (Å²) in [6.07, 6.45) is 2.22. The Kier molecular flexibility index (Phi) is 8.88. The molecule has 1 unspecified atom stereocenters. The van der Waals surface area contributed by atoms with Crippen molar-refractivity contribution in [2.75, 3.05) is 22.5 Å². The second-order valence-electron chi connectivity index (χ2n) is 7.87. The third kappa shape index (κ3) is 8.33. The average Bonchev–Trinajstić information content (AvgIpc) is 2.84. The first-order valence-electron chi connectivity index (χ1n) is 11.3. The summed E-state index contributed by atoms with van der Waals surface area (Å²) in [4.78, 5) is 24.4. The van der Waals surface area contributed by atoms with Gasteiger partial charge in [-0.05, 0) is 73.9 Å². The van der Waals surface area contributed by atoms with Gasteiger partial charge in [0.2, 0.25) is 11.8 Å². The lowest BCUT2D eigenvalue weighted by Gasteiger charge is -2.13. The van der Waals surface area contributed by atoms with Gasteiger partial charge < -0.3 is 20.7 Å². The Balaban J connectivity index is 1.39. The molecule has 0 aliphatic rings. The van der Waals surface area contributed by atoms with Crippen LogP contribution in [0.3, 0.4) is 0 Å². The molecule has 0 radical (unpaired) electrons. The minimum absolute atomic E-state index is 0.0282. The Morgan fingerprint density at radius 1 is 0.788 bits per heavy atom. The number of amides is 2. The number of carbonyl (C=O) groups is 2. The highest BCUT2D eigenvalue weighted by Crippen LogP contribution is 2.18. The van der Waals surface area contributed by atoms with Crippen LogP contribution in [0.2, 0.25) is 0 Å². The average molecular weight is 446 g/mol. The van der Waals surface area contributed by atoms with Gasteiger partial charge in [0.05, 0.1) is 12.6 Å². The predicted molar refractivity (Wildman–Crippen MR) is 134 cm³/mol. The lowest BCUT2D eigenvalue weighted by Crippen LogP contribution is -2.21. The van der Waals surface area contributed by atoms with E-state index in [-0.39, 0.29) is 24.5 Å². The summed E-state index contributed by atoms with van der Waals surface area (Å²) >= 11 is 0. The topological polar surface area (TPSA) is 79.5 Å². The van der Waals surface area contributed by atoms with Crippen LogP contribution >= 0.6 is 0 Å². The molecular weight excluding hydrogens is 414 g/mol. The maximum absolute atomic E-state index is 12.2. The van der Waals surface area contributed by atoms with E-state index in [0.29, 0.717) is 18.5 Å². The predicted octanol–water partition coefficient (Wildman–Crippen LogP) is 5.49. The molecule has 0 aliphatic heterocycles. The molecule has 33 heavy (non-hydrogen) atoms. The molecule has 3 rings (SSSR count). The van der Waals surface area contributed by atoms with Gasteiger partial charge in [-0.15, -0.1) is 0 Å². The molecule has 1 atom stereocenters. The summed E-state index contributed by atoms with van der Waals surface area (Å²) in [5, 5.41) is 8.85. The summed E-state index contributed by atoms with van der Waals surface area (Å²) in [5.41, 5.74) is 3.38. The number of anilines is 3. The normalized spacial score (nSPS) is 11.3. The zero-order chi connectivity index (χ0) is 23.5. The molecular formula is C27H31N3O3. The molecule has 0 aliphatic carbocycles. The smallest absolute Gasteiger partial charge is 0.243 e. The number of aryl methyl sites for hydroxylation is 1. The molecule has 0 saturated heterocycles. The molecule has 3 N–H and O–H groups in total. The Morgan fingerprint density at radius 2 is 1.36 bits per heavy atom. The van der Waals surface area contributed by atoms with Gasteiger partial charge in [-0.3, -0.25) is 9.59 Å². The largest absolute Gasteiger partial charge is 0.491 e. The number of ether oxygens (including phenoxy) is 1. The van der Waals surface area contributed by atoms with Gasteiger partial charge in [0, 0.05) is 23.5 Å². The van der Waals surface area contributed by atoms with Crippen molar-refractivity contribution in [3.8, 4) is 5.75 Å². The molecule has 0 saturated carbocycles. The molecule has 0 heterocycles. The summed E-state index contributed by atoms with van der Waals surface area (Å²) in [6.45, 7) is 4.23. The Morgan fingerprint density at radius 3 is 2.00 bits per heavy atom. The van der Waals surface area contributed by atoms with E-state index in [9.17, 15) is 9.59 Å². The van der Waals surface area contributed by atoms with Gasteiger partial charge in [-0.1, -0.05) is 37.3 Å². The van der Waals surface area contributed by atoms with Crippen LogP contribution in [0.4, 0.5) is 17.1 Å². The molecule has 2 amide bonds. The van der Waals surface area contributed by atoms with E-state index in [1.165, 1.54) is 0 Å².